The molecular weight excluding hydrogens is 320 g/mol. The molecule has 2 aliphatic heterocycles. The molecule has 0 unspecified atom stereocenters. The topological polar surface area (TPSA) is 18.1 Å². The van der Waals surface area contributed by atoms with Gasteiger partial charge in [-0.2, -0.15) is 0 Å². The lowest BCUT2D eigenvalue weighted by Crippen LogP contribution is -3.16. The van der Waals surface area contributed by atoms with E-state index < -0.39 is 0 Å². The van der Waals surface area contributed by atoms with Gasteiger partial charge in [0.05, 0.1) is 32.8 Å². The molecule has 0 saturated carbocycles. The molecule has 2 saturated heterocycles. The van der Waals surface area contributed by atoms with Crippen LogP contribution in [0.25, 0.3) is 0 Å². The van der Waals surface area contributed by atoms with Gasteiger partial charge in [0.1, 0.15) is 13.1 Å². The van der Waals surface area contributed by atoms with E-state index in [9.17, 15) is 0 Å². The van der Waals surface area contributed by atoms with Gasteiger partial charge in [-0.3, -0.25) is 0 Å². The maximum Gasteiger partial charge on any atom is 0.155 e. The zero-order chi connectivity index (χ0) is 18.0. The molecule has 0 atom stereocenters. The van der Waals surface area contributed by atoms with Crippen LogP contribution in [0.4, 0.5) is 0 Å². The van der Waals surface area contributed by atoms with E-state index in [0.29, 0.717) is 6.10 Å². The van der Waals surface area contributed by atoms with Crippen molar-refractivity contribution in [3.63, 3.8) is 0 Å². The number of likely N-dealkylation sites (tertiary alicyclic amines) is 2. The van der Waals surface area contributed by atoms with Crippen molar-refractivity contribution in [2.75, 3.05) is 39.3 Å². The van der Waals surface area contributed by atoms with Gasteiger partial charge >= 0.3 is 0 Å². The molecule has 2 fully saturated rings. The van der Waals surface area contributed by atoms with Crippen LogP contribution < -0.4 is 9.80 Å². The molecule has 0 spiro atoms. The Morgan fingerprint density at radius 1 is 0.731 bits per heavy atom. The molecule has 2 heterocycles. The fourth-order valence-electron chi connectivity index (χ4n) is 4.60. The molecule has 146 valence electrons. The van der Waals surface area contributed by atoms with Gasteiger partial charge in [-0.1, -0.05) is 29.8 Å². The molecule has 0 bridgehead atoms. The third-order valence-electron chi connectivity index (χ3n) is 6.26. The van der Waals surface area contributed by atoms with Crippen LogP contribution in [0.1, 0.15) is 62.5 Å². The third kappa shape index (κ3) is 7.02. The Morgan fingerprint density at radius 3 is 1.65 bits per heavy atom. The number of hydrogen-bond acceptors (Lipinski definition) is 1. The molecular formula is C23H40N2O+2. The molecule has 2 N–H and O–H groups in total. The van der Waals surface area contributed by atoms with E-state index in [1.165, 1.54) is 102 Å². The molecule has 1 aromatic carbocycles. The van der Waals surface area contributed by atoms with Crippen LogP contribution in [-0.4, -0.2) is 45.4 Å². The highest BCUT2D eigenvalue weighted by molar-refractivity contribution is 5.20. The Balaban J connectivity index is 1.56. The number of quaternary nitrogens is 2. The fourth-order valence-corrected chi connectivity index (χ4v) is 4.60. The van der Waals surface area contributed by atoms with Crippen molar-refractivity contribution in [1.82, 2.24) is 0 Å². The number of rotatable bonds is 7. The van der Waals surface area contributed by atoms with Crippen LogP contribution in [-0.2, 0) is 11.3 Å². The molecule has 2 aliphatic rings. The van der Waals surface area contributed by atoms with Crippen LogP contribution >= 0.6 is 0 Å². The summed E-state index contributed by atoms with van der Waals surface area (Å²) < 4.78 is 6.51. The number of benzene rings is 1. The van der Waals surface area contributed by atoms with E-state index in [-0.39, 0.29) is 0 Å². The van der Waals surface area contributed by atoms with Gasteiger partial charge < -0.3 is 14.5 Å². The van der Waals surface area contributed by atoms with Gasteiger partial charge in [-0.25, -0.2) is 0 Å². The highest BCUT2D eigenvalue weighted by Gasteiger charge is 2.24. The molecule has 1 aromatic rings. The van der Waals surface area contributed by atoms with Crippen molar-refractivity contribution in [1.29, 1.82) is 0 Å². The van der Waals surface area contributed by atoms with E-state index in [1.54, 1.807) is 9.80 Å². The summed E-state index contributed by atoms with van der Waals surface area (Å²) >= 11 is 0. The average Bonchev–Trinajstić information content (AvgIpc) is 3.06. The SMILES string of the molecule is Cc1ccc(COC(C[NH+]2CCCCCC2)C[NH+]2CCCCCC2)cc1. The lowest BCUT2D eigenvalue weighted by Gasteiger charge is -2.27. The first-order chi connectivity index (χ1) is 12.8. The molecule has 3 heteroatoms. The van der Waals surface area contributed by atoms with Crippen molar-refractivity contribution < 1.29 is 14.5 Å². The van der Waals surface area contributed by atoms with E-state index in [2.05, 4.69) is 31.2 Å². The Hall–Kier alpha value is -0.900. The van der Waals surface area contributed by atoms with Gasteiger partial charge in [-0.05, 0) is 63.9 Å². The highest BCUT2D eigenvalue weighted by atomic mass is 16.5. The number of nitrogens with one attached hydrogen (secondary N) is 2. The number of hydrogen-bond donors (Lipinski definition) is 2. The van der Waals surface area contributed by atoms with E-state index in [1.807, 2.05) is 0 Å². The van der Waals surface area contributed by atoms with Gasteiger partial charge in [-0.15, -0.1) is 0 Å². The summed E-state index contributed by atoms with van der Waals surface area (Å²) in [5, 5.41) is 0. The van der Waals surface area contributed by atoms with Crippen molar-refractivity contribution in [2.45, 2.75) is 71.0 Å². The normalized spacial score (nSPS) is 20.8. The number of ether oxygens (including phenoxy) is 1. The highest BCUT2D eigenvalue weighted by Crippen LogP contribution is 2.06. The summed E-state index contributed by atoms with van der Waals surface area (Å²) in [6.07, 6.45) is 11.7. The largest absolute Gasteiger partial charge is 0.362 e. The minimum atomic E-state index is 0.400. The quantitative estimate of drug-likeness (QED) is 0.759. The first-order valence-corrected chi connectivity index (χ1v) is 11.1. The van der Waals surface area contributed by atoms with Crippen LogP contribution in [0.15, 0.2) is 24.3 Å². The molecule has 0 aliphatic carbocycles. The Labute approximate surface area is 160 Å². The standard InChI is InChI=1S/C23H38N2O/c1-21-10-12-22(13-11-21)20-26-23(18-24-14-6-2-3-7-15-24)19-25-16-8-4-5-9-17-25/h10-13,23H,2-9,14-20H2,1H3/p+2. The van der Waals surface area contributed by atoms with Gasteiger partial charge in [0.25, 0.3) is 0 Å². The Bertz CT molecular complexity index is 463. The van der Waals surface area contributed by atoms with Crippen LogP contribution in [0.2, 0.25) is 0 Å². The first kappa shape index (κ1) is 19.9. The molecule has 0 amide bonds. The minimum Gasteiger partial charge on any atom is -0.362 e. The third-order valence-corrected chi connectivity index (χ3v) is 6.26. The van der Waals surface area contributed by atoms with E-state index in [4.69, 9.17) is 4.74 Å². The predicted octanol–water partition coefficient (Wildman–Crippen LogP) is 1.80. The van der Waals surface area contributed by atoms with Crippen LogP contribution in [0, 0.1) is 6.92 Å². The predicted molar refractivity (Wildman–Crippen MR) is 108 cm³/mol. The van der Waals surface area contributed by atoms with Gasteiger partial charge in [0, 0.05) is 0 Å². The lowest BCUT2D eigenvalue weighted by molar-refractivity contribution is -0.924. The van der Waals surface area contributed by atoms with Crippen LogP contribution in [0.3, 0.4) is 0 Å². The average molecular weight is 361 g/mol. The van der Waals surface area contributed by atoms with Crippen molar-refractivity contribution in [2.24, 2.45) is 0 Å². The molecule has 3 nitrogen and oxygen atoms in total. The monoisotopic (exact) mass is 360 g/mol. The maximum absolute atomic E-state index is 6.51. The minimum absolute atomic E-state index is 0.400. The maximum atomic E-state index is 6.51. The smallest absolute Gasteiger partial charge is 0.155 e. The number of aryl methyl sites for hydroxylation is 1. The summed E-state index contributed by atoms with van der Waals surface area (Å²) in [6, 6.07) is 8.86. The molecule has 26 heavy (non-hydrogen) atoms. The van der Waals surface area contributed by atoms with Gasteiger partial charge in [0.2, 0.25) is 0 Å². The second kappa shape index (κ2) is 11.1. The van der Waals surface area contributed by atoms with Crippen molar-refractivity contribution >= 4 is 0 Å². The molecule has 0 radical (unpaired) electrons. The Morgan fingerprint density at radius 2 is 1.19 bits per heavy atom. The van der Waals surface area contributed by atoms with E-state index >= 15 is 0 Å². The van der Waals surface area contributed by atoms with Crippen LogP contribution in [0.5, 0.6) is 0 Å². The summed E-state index contributed by atoms with van der Waals surface area (Å²) in [7, 11) is 0. The Kier molecular flexibility index (Phi) is 8.44. The van der Waals surface area contributed by atoms with Crippen molar-refractivity contribution in [3.8, 4) is 0 Å². The fraction of sp³-hybridized carbons (Fsp3) is 0.739. The second-order valence-corrected chi connectivity index (χ2v) is 8.66. The van der Waals surface area contributed by atoms with Crippen molar-refractivity contribution in [3.05, 3.63) is 35.4 Å². The summed E-state index contributed by atoms with van der Waals surface area (Å²) in [6.45, 7) is 10.7. The second-order valence-electron chi connectivity index (χ2n) is 8.66. The summed E-state index contributed by atoms with van der Waals surface area (Å²) in [5.74, 6) is 0. The molecule has 0 aromatic heterocycles. The lowest BCUT2D eigenvalue weighted by atomic mass is 10.1. The van der Waals surface area contributed by atoms with Gasteiger partial charge in [0.15, 0.2) is 6.10 Å². The zero-order valence-corrected chi connectivity index (χ0v) is 16.9. The van der Waals surface area contributed by atoms with E-state index in [0.717, 1.165) is 6.61 Å². The molecule has 3 rings (SSSR count). The zero-order valence-electron chi connectivity index (χ0n) is 16.9. The summed E-state index contributed by atoms with van der Waals surface area (Å²) in [5.41, 5.74) is 2.64. The first-order valence-electron chi connectivity index (χ1n) is 11.1. The summed E-state index contributed by atoms with van der Waals surface area (Å²) in [4.78, 5) is 3.57.